The third-order valence-corrected chi connectivity index (χ3v) is 1.80. The van der Waals surface area contributed by atoms with Gasteiger partial charge >= 0.3 is 0 Å². The highest BCUT2D eigenvalue weighted by molar-refractivity contribution is 7.97. The Morgan fingerprint density at radius 3 is 3.11 bits per heavy atom. The highest BCUT2D eigenvalue weighted by Gasteiger charge is 2.11. The van der Waals surface area contributed by atoms with E-state index >= 15 is 0 Å². The van der Waals surface area contributed by atoms with E-state index in [-0.39, 0.29) is 0 Å². The van der Waals surface area contributed by atoms with Crippen LogP contribution in [0.15, 0.2) is 29.2 Å². The van der Waals surface area contributed by atoms with Crippen LogP contribution in [0.4, 0.5) is 0 Å². The van der Waals surface area contributed by atoms with Gasteiger partial charge in [-0.2, -0.15) is 0 Å². The largest absolute Gasteiger partial charge is 0.375 e. The van der Waals surface area contributed by atoms with Gasteiger partial charge in [0.15, 0.2) is 5.75 Å². The van der Waals surface area contributed by atoms with Crippen LogP contribution < -0.4 is 9.72 Å². The number of hydrogen-bond acceptors (Lipinski definition) is 2. The highest BCUT2D eigenvalue weighted by Crippen LogP contribution is 2.32. The number of benzene rings is 1. The lowest BCUT2D eigenvalue weighted by Gasteiger charge is -1.88. The highest BCUT2D eigenvalue weighted by atomic mass is 32.2. The van der Waals surface area contributed by atoms with Gasteiger partial charge in [-0.3, -0.25) is 0 Å². The molecule has 0 fully saturated rings. The zero-order valence-corrected chi connectivity index (χ0v) is 5.39. The second kappa shape index (κ2) is 1.93. The predicted octanol–water partition coefficient (Wildman–Crippen LogP) is 1.61. The summed E-state index contributed by atoms with van der Waals surface area (Å²) in [4.78, 5) is 9.65. The Kier molecular flexibility index (Phi) is 1.10. The standard InChI is InChI=1S/C6H4NOS/c1-2-4-6-5(3-1)8-7-9-6/h1-4H. The van der Waals surface area contributed by atoms with E-state index in [4.69, 9.17) is 4.84 Å². The molecule has 0 bridgehead atoms. The van der Waals surface area contributed by atoms with Gasteiger partial charge in [-0.15, -0.1) is 0 Å². The molecule has 0 aliphatic carbocycles. The van der Waals surface area contributed by atoms with E-state index in [1.165, 1.54) is 11.9 Å². The maximum Gasteiger partial charge on any atom is 0.165 e. The fraction of sp³-hybridized carbons (Fsp3) is 0. The van der Waals surface area contributed by atoms with Crippen LogP contribution in [-0.2, 0) is 0 Å². The molecule has 0 saturated heterocycles. The van der Waals surface area contributed by atoms with Crippen molar-refractivity contribution in [1.29, 1.82) is 0 Å². The van der Waals surface area contributed by atoms with Crippen molar-refractivity contribution >= 4 is 11.9 Å². The van der Waals surface area contributed by atoms with Crippen LogP contribution in [0.2, 0.25) is 0 Å². The van der Waals surface area contributed by atoms with E-state index in [0.29, 0.717) is 0 Å². The van der Waals surface area contributed by atoms with E-state index in [9.17, 15) is 0 Å². The summed E-state index contributed by atoms with van der Waals surface area (Å²) < 4.78 is 0. The molecule has 0 atom stereocenters. The number of para-hydroxylation sites is 1. The van der Waals surface area contributed by atoms with Gasteiger partial charge < -0.3 is 4.84 Å². The van der Waals surface area contributed by atoms with Crippen molar-refractivity contribution in [3.63, 3.8) is 0 Å². The lowest BCUT2D eigenvalue weighted by Crippen LogP contribution is -1.89. The predicted molar refractivity (Wildman–Crippen MR) is 35.1 cm³/mol. The van der Waals surface area contributed by atoms with Crippen molar-refractivity contribution in [3.8, 4) is 5.75 Å². The molecule has 0 unspecified atom stereocenters. The summed E-state index contributed by atoms with van der Waals surface area (Å²) in [5, 5.41) is 0. The van der Waals surface area contributed by atoms with Crippen molar-refractivity contribution < 1.29 is 4.84 Å². The Balaban J connectivity index is 2.54. The summed E-state index contributed by atoms with van der Waals surface area (Å²) in [7, 11) is 0. The van der Waals surface area contributed by atoms with Gasteiger partial charge in [-0.1, -0.05) is 12.1 Å². The zero-order valence-electron chi connectivity index (χ0n) is 4.57. The summed E-state index contributed by atoms with van der Waals surface area (Å²) in [6.07, 6.45) is 0. The summed E-state index contributed by atoms with van der Waals surface area (Å²) in [6.45, 7) is 0. The second-order valence-corrected chi connectivity index (χ2v) is 2.48. The zero-order chi connectivity index (χ0) is 6.10. The third kappa shape index (κ3) is 0.781. The summed E-state index contributed by atoms with van der Waals surface area (Å²) in [5.74, 6) is 0.863. The van der Waals surface area contributed by atoms with Crippen molar-refractivity contribution in [2.75, 3.05) is 0 Å². The molecule has 0 aromatic heterocycles. The van der Waals surface area contributed by atoms with Crippen LogP contribution >= 0.6 is 11.9 Å². The molecule has 0 spiro atoms. The Morgan fingerprint density at radius 2 is 2.22 bits per heavy atom. The molecule has 1 aromatic rings. The quantitative estimate of drug-likeness (QED) is 0.508. The Labute approximate surface area is 57.3 Å². The fourth-order valence-corrected chi connectivity index (χ4v) is 1.23. The minimum absolute atomic E-state index is 0.863. The number of nitrogens with zero attached hydrogens (tertiary/aromatic N) is 1. The molecule has 0 N–H and O–H groups in total. The monoisotopic (exact) mass is 138 g/mol. The molecule has 0 saturated carbocycles. The Bertz CT molecular complexity index is 203. The van der Waals surface area contributed by atoms with E-state index in [2.05, 4.69) is 4.89 Å². The first-order valence-corrected chi connectivity index (χ1v) is 3.37. The first-order chi connectivity index (χ1) is 4.47. The van der Waals surface area contributed by atoms with E-state index in [1.54, 1.807) is 0 Å². The lowest BCUT2D eigenvalue weighted by atomic mass is 10.3. The smallest absolute Gasteiger partial charge is 0.165 e. The molecular weight excluding hydrogens is 134 g/mol. The molecule has 9 heavy (non-hydrogen) atoms. The van der Waals surface area contributed by atoms with Crippen LogP contribution in [-0.4, -0.2) is 0 Å². The molecule has 1 heterocycles. The molecule has 2 rings (SSSR count). The SMILES string of the molecule is c1ccc2c(c1)O[N]S2. The summed E-state index contributed by atoms with van der Waals surface area (Å²) in [5.41, 5.74) is 0. The van der Waals surface area contributed by atoms with Crippen molar-refractivity contribution in [3.05, 3.63) is 24.3 Å². The van der Waals surface area contributed by atoms with Gasteiger partial charge in [0.05, 0.1) is 4.90 Å². The van der Waals surface area contributed by atoms with Crippen LogP contribution in [0.25, 0.3) is 0 Å². The average molecular weight is 138 g/mol. The van der Waals surface area contributed by atoms with E-state index in [1.807, 2.05) is 24.3 Å². The van der Waals surface area contributed by atoms with Crippen LogP contribution in [0.1, 0.15) is 0 Å². The normalized spacial score (nSPS) is 14.7. The van der Waals surface area contributed by atoms with Gasteiger partial charge in [0.25, 0.3) is 0 Å². The maximum atomic E-state index is 4.89. The van der Waals surface area contributed by atoms with Gasteiger partial charge in [0, 0.05) is 16.8 Å². The molecule has 1 aliphatic rings. The number of hydrogen-bond donors (Lipinski definition) is 0. The molecule has 45 valence electrons. The van der Waals surface area contributed by atoms with Crippen molar-refractivity contribution in [2.45, 2.75) is 4.90 Å². The molecule has 0 amide bonds. The first-order valence-electron chi connectivity index (χ1n) is 2.60. The van der Waals surface area contributed by atoms with Gasteiger partial charge in [-0.25, -0.2) is 0 Å². The second-order valence-electron chi connectivity index (χ2n) is 1.70. The summed E-state index contributed by atoms with van der Waals surface area (Å²) >= 11 is 1.37. The Morgan fingerprint density at radius 1 is 1.33 bits per heavy atom. The van der Waals surface area contributed by atoms with Crippen LogP contribution in [0.5, 0.6) is 5.75 Å². The van der Waals surface area contributed by atoms with E-state index in [0.717, 1.165) is 10.6 Å². The lowest BCUT2D eigenvalue weighted by molar-refractivity contribution is 0.284. The van der Waals surface area contributed by atoms with Crippen molar-refractivity contribution in [1.82, 2.24) is 4.89 Å². The molecule has 1 aliphatic heterocycles. The maximum absolute atomic E-state index is 4.89. The van der Waals surface area contributed by atoms with Gasteiger partial charge in [-0.05, 0) is 12.1 Å². The topological polar surface area (TPSA) is 23.3 Å². The molecule has 1 aromatic carbocycles. The average Bonchev–Trinajstić information content (AvgIpc) is 2.33. The first kappa shape index (κ1) is 5.14. The van der Waals surface area contributed by atoms with E-state index < -0.39 is 0 Å². The molecule has 1 radical (unpaired) electrons. The third-order valence-electron chi connectivity index (χ3n) is 1.12. The van der Waals surface area contributed by atoms with Crippen molar-refractivity contribution in [2.24, 2.45) is 0 Å². The Hall–Kier alpha value is -0.670. The molecular formula is C6H4NOS. The minimum Gasteiger partial charge on any atom is -0.375 e. The molecule has 3 heteroatoms. The number of rotatable bonds is 0. The van der Waals surface area contributed by atoms with Crippen LogP contribution in [0.3, 0.4) is 0 Å². The van der Waals surface area contributed by atoms with Gasteiger partial charge in [0.1, 0.15) is 0 Å². The van der Waals surface area contributed by atoms with Gasteiger partial charge in [0.2, 0.25) is 0 Å². The minimum atomic E-state index is 0.863. The fourth-order valence-electron chi connectivity index (χ4n) is 0.700. The molecule has 2 nitrogen and oxygen atoms in total. The number of fused-ring (bicyclic) bond motifs is 1. The van der Waals surface area contributed by atoms with Crippen LogP contribution in [0, 0.1) is 0 Å². The summed E-state index contributed by atoms with van der Waals surface area (Å²) in [6, 6.07) is 7.78.